The van der Waals surface area contributed by atoms with Crippen molar-refractivity contribution in [3.05, 3.63) is 81.3 Å². The van der Waals surface area contributed by atoms with Crippen LogP contribution in [0.5, 0.6) is 5.75 Å². The van der Waals surface area contributed by atoms with Crippen molar-refractivity contribution in [2.75, 3.05) is 0 Å². The van der Waals surface area contributed by atoms with E-state index in [2.05, 4.69) is 26.2 Å². The molecule has 0 atom stereocenters. The average Bonchev–Trinajstić information content (AvgIpc) is 3.04. The van der Waals surface area contributed by atoms with Crippen LogP contribution in [0.3, 0.4) is 0 Å². The normalized spacial score (nSPS) is 10.6. The molecule has 0 aliphatic rings. The molecule has 1 N–H and O–H groups in total. The van der Waals surface area contributed by atoms with Gasteiger partial charge < -0.3 is 14.6 Å². The highest BCUT2D eigenvalue weighted by atomic mass is 79.9. The van der Waals surface area contributed by atoms with Gasteiger partial charge in [0.25, 0.3) is 5.91 Å². The van der Waals surface area contributed by atoms with Crippen LogP contribution in [0.1, 0.15) is 21.7 Å². The molecule has 5 nitrogen and oxygen atoms in total. The summed E-state index contributed by atoms with van der Waals surface area (Å²) in [5.41, 5.74) is 1.42. The summed E-state index contributed by atoms with van der Waals surface area (Å²) in [5.74, 6) is 1.35. The Morgan fingerprint density at radius 1 is 1.27 bits per heavy atom. The van der Waals surface area contributed by atoms with E-state index in [0.717, 1.165) is 15.9 Å². The molecule has 3 rings (SSSR count). The third kappa shape index (κ3) is 4.65. The van der Waals surface area contributed by atoms with Gasteiger partial charge in [0.2, 0.25) is 0 Å². The van der Waals surface area contributed by atoms with Gasteiger partial charge in [0, 0.05) is 41.0 Å². The van der Waals surface area contributed by atoms with E-state index in [9.17, 15) is 4.79 Å². The number of hydrogen-bond donors (Lipinski definition) is 1. The Hall–Kier alpha value is -2.31. The van der Waals surface area contributed by atoms with Gasteiger partial charge in [-0.1, -0.05) is 33.6 Å². The van der Waals surface area contributed by atoms with Crippen LogP contribution in [-0.4, -0.2) is 15.5 Å². The highest BCUT2D eigenvalue weighted by Gasteiger charge is 2.08. The minimum absolute atomic E-state index is 0.167. The molecule has 0 fully saturated rings. The lowest BCUT2D eigenvalue weighted by Crippen LogP contribution is -2.22. The van der Waals surface area contributed by atoms with E-state index in [1.54, 1.807) is 36.5 Å². The number of nitrogens with one attached hydrogen (secondary N) is 1. The van der Waals surface area contributed by atoms with Crippen molar-refractivity contribution < 1.29 is 9.53 Å². The Labute approximate surface area is 165 Å². The lowest BCUT2D eigenvalue weighted by molar-refractivity contribution is 0.0951. The van der Waals surface area contributed by atoms with Gasteiger partial charge in [-0.2, -0.15) is 0 Å². The molecule has 1 aromatic heterocycles. The molecular formula is C19H17BrClN3O2. The molecule has 26 heavy (non-hydrogen) atoms. The van der Waals surface area contributed by atoms with Crippen molar-refractivity contribution in [1.29, 1.82) is 0 Å². The molecule has 0 bridgehead atoms. The summed E-state index contributed by atoms with van der Waals surface area (Å²) < 4.78 is 8.48. The lowest BCUT2D eigenvalue weighted by Gasteiger charge is -2.09. The van der Waals surface area contributed by atoms with Crippen molar-refractivity contribution >= 4 is 33.4 Å². The Balaban J connectivity index is 1.55. The maximum absolute atomic E-state index is 12.3. The third-order valence-electron chi connectivity index (χ3n) is 3.86. The molecule has 0 spiro atoms. The van der Waals surface area contributed by atoms with Crippen LogP contribution in [0.25, 0.3) is 0 Å². The van der Waals surface area contributed by atoms with E-state index in [1.807, 2.05) is 29.9 Å². The number of amides is 1. The predicted octanol–water partition coefficient (Wildman–Crippen LogP) is 4.35. The zero-order chi connectivity index (χ0) is 18.5. The van der Waals surface area contributed by atoms with E-state index in [4.69, 9.17) is 16.3 Å². The second-order valence-electron chi connectivity index (χ2n) is 5.69. The van der Waals surface area contributed by atoms with Crippen LogP contribution >= 0.6 is 27.5 Å². The number of halogens is 2. The molecule has 0 saturated carbocycles. The summed E-state index contributed by atoms with van der Waals surface area (Å²) in [5, 5.41) is 3.47. The molecule has 0 unspecified atom stereocenters. The van der Waals surface area contributed by atoms with Crippen LogP contribution in [0.15, 0.2) is 59.3 Å². The number of benzene rings is 2. The van der Waals surface area contributed by atoms with Gasteiger partial charge in [-0.15, -0.1) is 0 Å². The number of aryl methyl sites for hydroxylation is 1. The molecular weight excluding hydrogens is 418 g/mol. The molecule has 0 radical (unpaired) electrons. The monoisotopic (exact) mass is 433 g/mol. The molecule has 3 aromatic rings. The molecule has 0 aliphatic carbocycles. The predicted molar refractivity (Wildman–Crippen MR) is 104 cm³/mol. The zero-order valence-corrected chi connectivity index (χ0v) is 16.4. The quantitative estimate of drug-likeness (QED) is 0.628. The third-order valence-corrected chi connectivity index (χ3v) is 4.71. The van der Waals surface area contributed by atoms with E-state index in [0.29, 0.717) is 29.5 Å². The first-order valence-electron chi connectivity index (χ1n) is 7.94. The smallest absolute Gasteiger partial charge is 0.251 e. The highest BCUT2D eigenvalue weighted by molar-refractivity contribution is 9.10. The van der Waals surface area contributed by atoms with Crippen molar-refractivity contribution in [1.82, 2.24) is 14.9 Å². The molecule has 134 valence electrons. The number of ether oxygens (including phenoxy) is 1. The van der Waals surface area contributed by atoms with Crippen molar-refractivity contribution in [2.24, 2.45) is 7.05 Å². The fourth-order valence-electron chi connectivity index (χ4n) is 2.33. The summed E-state index contributed by atoms with van der Waals surface area (Å²) in [4.78, 5) is 16.5. The fraction of sp³-hybridized carbons (Fsp3) is 0.158. The van der Waals surface area contributed by atoms with Gasteiger partial charge in [0.05, 0.1) is 0 Å². The summed E-state index contributed by atoms with van der Waals surface area (Å²) in [6.45, 7) is 0.736. The SMILES string of the molecule is Cn1ccnc1COc1ccc(C(=O)NCc2ccc(Br)cc2Cl)cc1. The van der Waals surface area contributed by atoms with E-state index < -0.39 is 0 Å². The van der Waals surface area contributed by atoms with Crippen molar-refractivity contribution in [3.8, 4) is 5.75 Å². The second kappa shape index (κ2) is 8.38. The molecule has 7 heteroatoms. The zero-order valence-electron chi connectivity index (χ0n) is 14.1. The first kappa shape index (κ1) is 18.5. The minimum Gasteiger partial charge on any atom is -0.486 e. The summed E-state index contributed by atoms with van der Waals surface area (Å²) in [7, 11) is 1.91. The second-order valence-corrected chi connectivity index (χ2v) is 7.01. The Morgan fingerprint density at radius 3 is 2.69 bits per heavy atom. The van der Waals surface area contributed by atoms with E-state index in [1.165, 1.54) is 0 Å². The van der Waals surface area contributed by atoms with Gasteiger partial charge in [-0.05, 0) is 42.0 Å². The van der Waals surface area contributed by atoms with Gasteiger partial charge >= 0.3 is 0 Å². The van der Waals surface area contributed by atoms with E-state index >= 15 is 0 Å². The van der Waals surface area contributed by atoms with Crippen LogP contribution < -0.4 is 10.1 Å². The maximum Gasteiger partial charge on any atom is 0.251 e. The molecule has 0 aliphatic heterocycles. The molecule has 0 saturated heterocycles. The molecule has 1 heterocycles. The van der Waals surface area contributed by atoms with Crippen LogP contribution in [0.2, 0.25) is 5.02 Å². The average molecular weight is 435 g/mol. The fourth-order valence-corrected chi connectivity index (χ4v) is 3.07. The number of hydrogen-bond acceptors (Lipinski definition) is 3. The van der Waals surface area contributed by atoms with Gasteiger partial charge in [0.1, 0.15) is 18.2 Å². The van der Waals surface area contributed by atoms with Crippen LogP contribution in [-0.2, 0) is 20.2 Å². The minimum atomic E-state index is -0.167. The Morgan fingerprint density at radius 2 is 2.04 bits per heavy atom. The van der Waals surface area contributed by atoms with Crippen molar-refractivity contribution in [2.45, 2.75) is 13.2 Å². The molecule has 2 aromatic carbocycles. The van der Waals surface area contributed by atoms with Gasteiger partial charge in [-0.25, -0.2) is 4.98 Å². The number of nitrogens with zero attached hydrogens (tertiary/aromatic N) is 2. The number of aromatic nitrogens is 2. The summed E-state index contributed by atoms with van der Waals surface area (Å²) in [6.07, 6.45) is 3.59. The first-order valence-corrected chi connectivity index (χ1v) is 9.11. The first-order chi connectivity index (χ1) is 12.5. The number of carbonyl (C=O) groups is 1. The summed E-state index contributed by atoms with van der Waals surface area (Å²) >= 11 is 9.52. The standard InChI is InChI=1S/C19H17BrClN3O2/c1-24-9-8-22-18(24)12-26-16-6-3-13(4-7-16)19(25)23-11-14-2-5-15(20)10-17(14)21/h2-10H,11-12H2,1H3,(H,23,25). The molecule has 1 amide bonds. The van der Waals surface area contributed by atoms with Gasteiger partial charge in [0.15, 0.2) is 0 Å². The van der Waals surface area contributed by atoms with Crippen LogP contribution in [0.4, 0.5) is 0 Å². The topological polar surface area (TPSA) is 56.2 Å². The van der Waals surface area contributed by atoms with Gasteiger partial charge in [-0.3, -0.25) is 4.79 Å². The highest BCUT2D eigenvalue weighted by Crippen LogP contribution is 2.21. The summed E-state index contributed by atoms with van der Waals surface area (Å²) in [6, 6.07) is 12.6. The van der Waals surface area contributed by atoms with E-state index in [-0.39, 0.29) is 5.91 Å². The Bertz CT molecular complexity index is 909. The number of carbonyl (C=O) groups excluding carboxylic acids is 1. The Kier molecular flexibility index (Phi) is 5.96. The lowest BCUT2D eigenvalue weighted by atomic mass is 10.2. The van der Waals surface area contributed by atoms with Crippen molar-refractivity contribution in [3.63, 3.8) is 0 Å². The number of imidazole rings is 1. The number of rotatable bonds is 6. The van der Waals surface area contributed by atoms with Crippen LogP contribution in [0, 0.1) is 0 Å². The largest absolute Gasteiger partial charge is 0.486 e. The maximum atomic E-state index is 12.3.